The first-order chi connectivity index (χ1) is 9.44. The normalized spacial score (nSPS) is 14.2. The van der Waals surface area contributed by atoms with Gasteiger partial charge < -0.3 is 15.4 Å². The second-order valence-electron chi connectivity index (χ2n) is 4.53. The van der Waals surface area contributed by atoms with E-state index >= 15 is 0 Å². The summed E-state index contributed by atoms with van der Waals surface area (Å²) in [5.74, 6) is -0.340. The number of amides is 1. The number of hydrogen-bond donors (Lipinski definition) is 2. The van der Waals surface area contributed by atoms with Crippen LogP contribution in [0.4, 0.5) is 18.9 Å². The minimum absolute atomic E-state index is 0.436. The van der Waals surface area contributed by atoms with Crippen LogP contribution >= 0.6 is 0 Å². The molecular weight excluding hydrogens is 273 g/mol. The van der Waals surface area contributed by atoms with Crippen LogP contribution in [0.15, 0.2) is 18.2 Å². The Kier molecular flexibility index (Phi) is 4.36. The predicted octanol–water partition coefficient (Wildman–Crippen LogP) is 2.10. The van der Waals surface area contributed by atoms with Crippen LogP contribution in [0.2, 0.25) is 0 Å². The highest BCUT2D eigenvalue weighted by molar-refractivity contribution is 5.77. The number of anilines is 1. The van der Waals surface area contributed by atoms with E-state index in [9.17, 15) is 18.0 Å². The molecule has 1 aliphatic heterocycles. The molecule has 0 atom stereocenters. The van der Waals surface area contributed by atoms with Crippen molar-refractivity contribution in [2.24, 2.45) is 0 Å². The van der Waals surface area contributed by atoms with Crippen LogP contribution in [0.1, 0.15) is 12.0 Å². The van der Waals surface area contributed by atoms with Crippen LogP contribution < -0.4 is 15.4 Å². The van der Waals surface area contributed by atoms with Crippen molar-refractivity contribution in [1.29, 1.82) is 0 Å². The predicted molar refractivity (Wildman–Crippen MR) is 67.8 cm³/mol. The number of benzene rings is 1. The number of alkyl halides is 3. The number of nitrogens with one attached hydrogen (secondary N) is 2. The van der Waals surface area contributed by atoms with E-state index in [2.05, 4.69) is 5.32 Å². The number of fused-ring (bicyclic) bond motifs is 1. The van der Waals surface area contributed by atoms with Gasteiger partial charge in [0, 0.05) is 18.3 Å². The van der Waals surface area contributed by atoms with Crippen molar-refractivity contribution in [2.75, 3.05) is 25.0 Å². The Morgan fingerprint density at radius 3 is 2.95 bits per heavy atom. The Bertz CT molecular complexity index is 489. The number of carbonyl (C=O) groups is 1. The third-order valence-corrected chi connectivity index (χ3v) is 2.88. The molecule has 0 fully saturated rings. The van der Waals surface area contributed by atoms with Gasteiger partial charge >= 0.3 is 6.18 Å². The summed E-state index contributed by atoms with van der Waals surface area (Å²) < 4.78 is 40.9. The number of rotatable bonds is 4. The highest BCUT2D eigenvalue weighted by Gasteiger charge is 2.27. The highest BCUT2D eigenvalue weighted by Crippen LogP contribution is 2.26. The second kappa shape index (κ2) is 6.02. The lowest BCUT2D eigenvalue weighted by atomic mass is 10.0. The zero-order valence-electron chi connectivity index (χ0n) is 10.7. The Labute approximate surface area is 114 Å². The number of ether oxygens (including phenoxy) is 1. The summed E-state index contributed by atoms with van der Waals surface area (Å²) in [5.41, 5.74) is 2.12. The summed E-state index contributed by atoms with van der Waals surface area (Å²) in [5, 5.41) is 4.96. The highest BCUT2D eigenvalue weighted by atomic mass is 19.4. The molecule has 0 saturated carbocycles. The fourth-order valence-corrected chi connectivity index (χ4v) is 1.93. The molecule has 0 radical (unpaired) electrons. The number of carbonyl (C=O) groups excluding carboxylic acids is 1. The summed E-state index contributed by atoms with van der Waals surface area (Å²) >= 11 is 0. The first-order valence-electron chi connectivity index (χ1n) is 6.27. The molecule has 0 spiro atoms. The van der Waals surface area contributed by atoms with Crippen molar-refractivity contribution in [3.63, 3.8) is 0 Å². The molecule has 1 amide bonds. The molecule has 1 aromatic carbocycles. The SMILES string of the molecule is O=C(COc1ccc2c(c1)NCCC2)NCC(F)(F)F. The van der Waals surface area contributed by atoms with Crippen LogP contribution in [-0.2, 0) is 11.2 Å². The second-order valence-corrected chi connectivity index (χ2v) is 4.53. The summed E-state index contributed by atoms with van der Waals surface area (Å²) in [4.78, 5) is 11.2. The van der Waals surface area contributed by atoms with Gasteiger partial charge in [0.1, 0.15) is 12.3 Å². The summed E-state index contributed by atoms with van der Waals surface area (Å²) in [7, 11) is 0. The lowest BCUT2D eigenvalue weighted by Crippen LogP contribution is -2.36. The fraction of sp³-hybridized carbons (Fsp3) is 0.462. The quantitative estimate of drug-likeness (QED) is 0.892. The maximum atomic E-state index is 11.9. The first-order valence-corrected chi connectivity index (χ1v) is 6.27. The van der Waals surface area contributed by atoms with Gasteiger partial charge in [-0.25, -0.2) is 0 Å². The van der Waals surface area contributed by atoms with Gasteiger partial charge in [0.05, 0.1) is 0 Å². The minimum atomic E-state index is -4.41. The molecule has 0 aromatic heterocycles. The van der Waals surface area contributed by atoms with Crippen LogP contribution in [0.3, 0.4) is 0 Å². The molecule has 4 nitrogen and oxygen atoms in total. The monoisotopic (exact) mass is 288 g/mol. The number of halogens is 3. The van der Waals surface area contributed by atoms with E-state index in [1.807, 2.05) is 6.07 Å². The fourth-order valence-electron chi connectivity index (χ4n) is 1.93. The van der Waals surface area contributed by atoms with Crippen LogP contribution in [0.5, 0.6) is 5.75 Å². The van der Waals surface area contributed by atoms with E-state index in [1.165, 1.54) is 5.56 Å². The van der Waals surface area contributed by atoms with E-state index < -0.39 is 25.2 Å². The van der Waals surface area contributed by atoms with Gasteiger partial charge in [-0.1, -0.05) is 6.07 Å². The van der Waals surface area contributed by atoms with Crippen molar-refractivity contribution in [2.45, 2.75) is 19.0 Å². The third kappa shape index (κ3) is 4.32. The van der Waals surface area contributed by atoms with Crippen molar-refractivity contribution in [3.05, 3.63) is 23.8 Å². The third-order valence-electron chi connectivity index (χ3n) is 2.88. The Morgan fingerprint density at radius 2 is 2.20 bits per heavy atom. The molecule has 0 aliphatic carbocycles. The van der Waals surface area contributed by atoms with E-state index in [-0.39, 0.29) is 0 Å². The van der Waals surface area contributed by atoms with Crippen molar-refractivity contribution >= 4 is 11.6 Å². The average molecular weight is 288 g/mol. The molecule has 1 heterocycles. The van der Waals surface area contributed by atoms with E-state index in [4.69, 9.17) is 4.74 Å². The molecule has 7 heteroatoms. The lowest BCUT2D eigenvalue weighted by molar-refractivity contribution is -0.139. The molecule has 20 heavy (non-hydrogen) atoms. The van der Waals surface area contributed by atoms with Gasteiger partial charge in [-0.05, 0) is 24.5 Å². The zero-order chi connectivity index (χ0) is 14.6. The summed E-state index contributed by atoms with van der Waals surface area (Å²) in [6.07, 6.45) is -2.37. The number of aryl methyl sites for hydroxylation is 1. The van der Waals surface area contributed by atoms with Crippen LogP contribution in [0, 0.1) is 0 Å². The van der Waals surface area contributed by atoms with Crippen molar-refractivity contribution in [3.8, 4) is 5.75 Å². The van der Waals surface area contributed by atoms with Crippen LogP contribution in [0.25, 0.3) is 0 Å². The summed E-state index contributed by atoms with van der Waals surface area (Å²) in [6.45, 7) is -0.904. The van der Waals surface area contributed by atoms with E-state index in [0.717, 1.165) is 25.1 Å². The Balaban J connectivity index is 1.83. The maximum Gasteiger partial charge on any atom is 0.405 e. The lowest BCUT2D eigenvalue weighted by Gasteiger charge is -2.18. The Hall–Kier alpha value is -1.92. The smallest absolute Gasteiger partial charge is 0.405 e. The van der Waals surface area contributed by atoms with Gasteiger partial charge in [-0.15, -0.1) is 0 Å². The van der Waals surface area contributed by atoms with Gasteiger partial charge in [-0.3, -0.25) is 4.79 Å². The molecular formula is C13H15F3N2O2. The zero-order valence-corrected chi connectivity index (χ0v) is 10.7. The number of hydrogen-bond acceptors (Lipinski definition) is 3. The largest absolute Gasteiger partial charge is 0.484 e. The first kappa shape index (κ1) is 14.5. The van der Waals surface area contributed by atoms with E-state index in [1.54, 1.807) is 17.4 Å². The van der Waals surface area contributed by atoms with Gasteiger partial charge in [0.15, 0.2) is 6.61 Å². The average Bonchev–Trinajstić information content (AvgIpc) is 2.42. The maximum absolute atomic E-state index is 11.9. The molecule has 2 rings (SSSR count). The molecule has 2 N–H and O–H groups in total. The van der Waals surface area contributed by atoms with Gasteiger partial charge in [0.2, 0.25) is 0 Å². The molecule has 1 aliphatic rings. The van der Waals surface area contributed by atoms with Crippen LogP contribution in [-0.4, -0.2) is 31.8 Å². The van der Waals surface area contributed by atoms with Gasteiger partial charge in [-0.2, -0.15) is 13.2 Å². The summed E-state index contributed by atoms with van der Waals surface area (Å²) in [6, 6.07) is 5.36. The Morgan fingerprint density at radius 1 is 1.40 bits per heavy atom. The molecule has 1 aromatic rings. The van der Waals surface area contributed by atoms with E-state index in [0.29, 0.717) is 5.75 Å². The molecule has 0 saturated heterocycles. The molecule has 0 unspecified atom stereocenters. The topological polar surface area (TPSA) is 50.4 Å². The van der Waals surface area contributed by atoms with Crippen molar-refractivity contribution < 1.29 is 22.7 Å². The van der Waals surface area contributed by atoms with Crippen molar-refractivity contribution in [1.82, 2.24) is 5.32 Å². The minimum Gasteiger partial charge on any atom is -0.484 e. The molecule has 110 valence electrons. The molecule has 0 bridgehead atoms. The van der Waals surface area contributed by atoms with Gasteiger partial charge in [0.25, 0.3) is 5.91 Å². The standard InChI is InChI=1S/C13H15F3N2O2/c14-13(15,16)8-18-12(19)7-20-10-4-3-9-2-1-5-17-11(9)6-10/h3-4,6,17H,1-2,5,7-8H2,(H,18,19).